The maximum atomic E-state index is 13.9. The number of nitro groups is 1. The molecule has 238 valence electrons. The van der Waals surface area contributed by atoms with E-state index in [1.165, 1.54) is 22.6 Å². The first-order chi connectivity index (χ1) is 23.4. The Balaban J connectivity index is 1.38. The van der Waals surface area contributed by atoms with Crippen molar-refractivity contribution in [2.24, 2.45) is 4.99 Å². The molecule has 0 fully saturated rings. The normalized spacial score (nSPS) is 12.6. The highest BCUT2D eigenvalue weighted by atomic mass is 32.1. The third kappa shape index (κ3) is 6.10. The topological polar surface area (TPSA) is 89.5 Å². The van der Waals surface area contributed by atoms with Crippen LogP contribution in [0, 0.1) is 24.0 Å². The molecular formula is C40H34N4O3S. The first kappa shape index (κ1) is 31.0. The monoisotopic (exact) mass is 650 g/mol. The van der Waals surface area contributed by atoms with Gasteiger partial charge in [-0.1, -0.05) is 66.7 Å². The van der Waals surface area contributed by atoms with Gasteiger partial charge in [0.05, 0.1) is 21.9 Å². The summed E-state index contributed by atoms with van der Waals surface area (Å²) >= 11 is 1.61. The van der Waals surface area contributed by atoms with Crippen LogP contribution in [0.2, 0.25) is 0 Å². The molecule has 1 amide bonds. The van der Waals surface area contributed by atoms with Gasteiger partial charge in [-0.3, -0.25) is 14.9 Å². The quantitative estimate of drug-likeness (QED) is 0.101. The summed E-state index contributed by atoms with van der Waals surface area (Å²) in [4.78, 5) is 31.3. The van der Waals surface area contributed by atoms with Crippen molar-refractivity contribution in [3.8, 4) is 28.2 Å². The molecule has 0 atom stereocenters. The van der Waals surface area contributed by atoms with Crippen LogP contribution in [0.15, 0.2) is 114 Å². The van der Waals surface area contributed by atoms with Crippen LogP contribution in [0.5, 0.6) is 0 Å². The molecule has 1 aliphatic carbocycles. The van der Waals surface area contributed by atoms with E-state index in [9.17, 15) is 14.9 Å². The van der Waals surface area contributed by atoms with E-state index in [1.807, 2.05) is 67.7 Å². The molecule has 4 aromatic carbocycles. The largest absolute Gasteiger partial charge is 0.322 e. The number of nitrogens with one attached hydrogen (secondary N) is 1. The second-order valence-corrected chi connectivity index (χ2v) is 13.2. The summed E-state index contributed by atoms with van der Waals surface area (Å²) in [6.45, 7) is 4.11. The second-order valence-electron chi connectivity index (χ2n) is 12.1. The molecule has 1 N–H and O–H groups in total. The summed E-state index contributed by atoms with van der Waals surface area (Å²) in [7, 11) is 0. The molecule has 0 spiro atoms. The lowest BCUT2D eigenvalue weighted by Gasteiger charge is -2.15. The Labute approximate surface area is 283 Å². The molecule has 0 saturated heterocycles. The van der Waals surface area contributed by atoms with Crippen LogP contribution >= 0.6 is 11.3 Å². The highest BCUT2D eigenvalue weighted by Gasteiger charge is 2.26. The Hall–Kier alpha value is -5.60. The number of anilines is 1. The van der Waals surface area contributed by atoms with Gasteiger partial charge in [0.2, 0.25) is 0 Å². The van der Waals surface area contributed by atoms with Crippen LogP contribution in [0.25, 0.3) is 28.2 Å². The molecule has 0 bridgehead atoms. The molecule has 7 rings (SSSR count). The molecule has 2 aromatic heterocycles. The number of non-ortho nitro benzene ring substituents is 1. The van der Waals surface area contributed by atoms with Gasteiger partial charge in [-0.25, -0.2) is 4.99 Å². The molecule has 2 heterocycles. The molecule has 1 aliphatic rings. The minimum Gasteiger partial charge on any atom is -0.322 e. The fraction of sp³-hybridized carbons (Fsp3) is 0.150. The van der Waals surface area contributed by atoms with E-state index >= 15 is 0 Å². The standard InChI is InChI=1S/C40H34N4O3S/c1-26-17-18-31(23-27(26)2)42-39(45)37-34-15-9-10-16-36(34)48-40(37)41-25-30-24-35(28-11-5-3-6-12-28)43(38(30)29-13-7-4-8-14-29)32-19-21-33(22-20-32)44(46)47/h3-8,11-14,17-25H,9-10,15-16H2,1-2H3,(H,42,45)/b41-25+. The van der Waals surface area contributed by atoms with Gasteiger partial charge in [0.15, 0.2) is 0 Å². The summed E-state index contributed by atoms with van der Waals surface area (Å²) in [6, 6.07) is 34.8. The van der Waals surface area contributed by atoms with Gasteiger partial charge < -0.3 is 9.88 Å². The second kappa shape index (κ2) is 13.3. The molecule has 0 saturated carbocycles. The molecule has 8 heteroatoms. The van der Waals surface area contributed by atoms with Crippen LogP contribution in [-0.4, -0.2) is 21.6 Å². The molecule has 6 aromatic rings. The fourth-order valence-electron chi connectivity index (χ4n) is 6.35. The zero-order valence-corrected chi connectivity index (χ0v) is 27.6. The van der Waals surface area contributed by atoms with Crippen LogP contribution in [0.3, 0.4) is 0 Å². The summed E-state index contributed by atoms with van der Waals surface area (Å²) in [5, 5.41) is 15.3. The SMILES string of the molecule is Cc1ccc(NC(=O)c2c(/N=C/c3cc(-c4ccccc4)n(-c4ccc([N+](=O)[O-])cc4)c3-c3ccccc3)sc3c2CCCC3)cc1C. The molecule has 48 heavy (non-hydrogen) atoms. The van der Waals surface area contributed by atoms with Gasteiger partial charge in [0.1, 0.15) is 5.00 Å². The van der Waals surface area contributed by atoms with Gasteiger partial charge in [0.25, 0.3) is 11.6 Å². The zero-order chi connectivity index (χ0) is 33.2. The highest BCUT2D eigenvalue weighted by molar-refractivity contribution is 7.16. The molecule has 7 nitrogen and oxygen atoms in total. The summed E-state index contributed by atoms with van der Waals surface area (Å²) in [6.07, 6.45) is 5.82. The lowest BCUT2D eigenvalue weighted by atomic mass is 9.95. The first-order valence-electron chi connectivity index (χ1n) is 16.1. The van der Waals surface area contributed by atoms with Crippen molar-refractivity contribution in [3.05, 3.63) is 152 Å². The number of thiophene rings is 1. The predicted octanol–water partition coefficient (Wildman–Crippen LogP) is 10.3. The minimum atomic E-state index is -0.387. The van der Waals surface area contributed by atoms with E-state index in [-0.39, 0.29) is 16.5 Å². The van der Waals surface area contributed by atoms with Crippen molar-refractivity contribution in [1.29, 1.82) is 0 Å². The number of aliphatic imine (C=N–C) groups is 1. The molecular weight excluding hydrogens is 617 g/mol. The van der Waals surface area contributed by atoms with Gasteiger partial charge in [-0.05, 0) is 97.7 Å². The van der Waals surface area contributed by atoms with Crippen molar-refractivity contribution in [3.63, 3.8) is 0 Å². The van der Waals surface area contributed by atoms with Gasteiger partial charge in [-0.15, -0.1) is 11.3 Å². The van der Waals surface area contributed by atoms with Gasteiger partial charge in [-0.2, -0.15) is 0 Å². The lowest BCUT2D eigenvalue weighted by molar-refractivity contribution is -0.384. The first-order valence-corrected chi connectivity index (χ1v) is 16.9. The lowest BCUT2D eigenvalue weighted by Crippen LogP contribution is -2.15. The number of hydrogen-bond acceptors (Lipinski definition) is 5. The minimum absolute atomic E-state index is 0.0310. The molecule has 0 radical (unpaired) electrons. The maximum Gasteiger partial charge on any atom is 0.269 e. The van der Waals surface area contributed by atoms with E-state index in [2.05, 4.69) is 47.1 Å². The average Bonchev–Trinajstić information content (AvgIpc) is 3.68. The van der Waals surface area contributed by atoms with E-state index < -0.39 is 0 Å². The number of carbonyl (C=O) groups excluding carboxylic acids is 1. The predicted molar refractivity (Wildman–Crippen MR) is 195 cm³/mol. The third-order valence-electron chi connectivity index (χ3n) is 8.93. The van der Waals surface area contributed by atoms with E-state index in [0.29, 0.717) is 10.6 Å². The Morgan fingerprint density at radius 3 is 2.23 bits per heavy atom. The van der Waals surface area contributed by atoms with E-state index in [1.54, 1.807) is 23.5 Å². The average molecular weight is 651 g/mol. The number of hydrogen-bond donors (Lipinski definition) is 1. The zero-order valence-electron chi connectivity index (χ0n) is 26.8. The number of amides is 1. The Morgan fingerprint density at radius 1 is 0.854 bits per heavy atom. The van der Waals surface area contributed by atoms with Crippen molar-refractivity contribution in [2.45, 2.75) is 39.5 Å². The number of aryl methyl sites for hydroxylation is 3. The molecule has 0 aliphatic heterocycles. The van der Waals surface area contributed by atoms with Crippen molar-refractivity contribution in [1.82, 2.24) is 4.57 Å². The number of aromatic nitrogens is 1. The number of rotatable bonds is 8. The summed E-state index contributed by atoms with van der Waals surface area (Å²) in [5.74, 6) is -0.137. The number of fused-ring (bicyclic) bond motifs is 1. The van der Waals surface area contributed by atoms with E-state index in [0.717, 1.165) is 76.3 Å². The number of nitrogens with zero attached hydrogens (tertiary/aromatic N) is 3. The third-order valence-corrected chi connectivity index (χ3v) is 10.1. The summed E-state index contributed by atoms with van der Waals surface area (Å²) in [5.41, 5.74) is 10.3. The Morgan fingerprint density at radius 2 is 1.54 bits per heavy atom. The van der Waals surface area contributed by atoms with Gasteiger partial charge in [0, 0.05) is 40.2 Å². The Bertz CT molecular complexity index is 2160. The van der Waals surface area contributed by atoms with Crippen molar-refractivity contribution >= 4 is 39.8 Å². The van der Waals surface area contributed by atoms with Crippen LogP contribution < -0.4 is 5.32 Å². The smallest absolute Gasteiger partial charge is 0.269 e. The van der Waals surface area contributed by atoms with Crippen LogP contribution in [0.4, 0.5) is 16.4 Å². The highest BCUT2D eigenvalue weighted by Crippen LogP contribution is 2.41. The number of benzene rings is 4. The fourth-order valence-corrected chi connectivity index (χ4v) is 7.58. The molecule has 0 unspecified atom stereocenters. The number of carbonyl (C=O) groups is 1. The number of nitro benzene ring substituents is 1. The Kier molecular flexibility index (Phi) is 8.57. The van der Waals surface area contributed by atoms with Crippen LogP contribution in [0.1, 0.15) is 50.3 Å². The summed E-state index contributed by atoms with van der Waals surface area (Å²) < 4.78 is 2.13. The van der Waals surface area contributed by atoms with E-state index in [4.69, 9.17) is 4.99 Å². The van der Waals surface area contributed by atoms with Crippen molar-refractivity contribution in [2.75, 3.05) is 5.32 Å². The van der Waals surface area contributed by atoms with Gasteiger partial charge >= 0.3 is 0 Å². The maximum absolute atomic E-state index is 13.9. The van der Waals surface area contributed by atoms with Crippen LogP contribution in [-0.2, 0) is 12.8 Å². The van der Waals surface area contributed by atoms with Crippen molar-refractivity contribution < 1.29 is 9.72 Å².